The molecule has 0 spiro atoms. The lowest BCUT2D eigenvalue weighted by Gasteiger charge is -2.25. The van der Waals surface area contributed by atoms with Crippen molar-refractivity contribution in [2.24, 2.45) is 5.92 Å². The van der Waals surface area contributed by atoms with Crippen LogP contribution >= 0.6 is 0 Å². The number of hydrogen-bond acceptors (Lipinski definition) is 4. The molecule has 0 aliphatic rings. The van der Waals surface area contributed by atoms with E-state index in [0.29, 0.717) is 6.42 Å². The van der Waals surface area contributed by atoms with Gasteiger partial charge in [-0.05, 0) is 31.4 Å². The lowest BCUT2D eigenvalue weighted by Crippen LogP contribution is -2.41. The van der Waals surface area contributed by atoms with Crippen LogP contribution in [0.5, 0.6) is 0 Å². The van der Waals surface area contributed by atoms with Gasteiger partial charge in [-0.2, -0.15) is 5.26 Å². The topological polar surface area (TPSA) is 90.2 Å². The second-order valence-corrected chi connectivity index (χ2v) is 7.38. The highest BCUT2D eigenvalue weighted by Gasteiger charge is 2.27. The molecule has 0 aromatic heterocycles. The second kappa shape index (κ2) is 6.52. The van der Waals surface area contributed by atoms with Crippen molar-refractivity contribution in [3.05, 3.63) is 29.6 Å². The molecule has 0 bridgehead atoms. The largest absolute Gasteiger partial charge is 0.389 e. The minimum absolute atomic E-state index is 0.188. The highest BCUT2D eigenvalue weighted by Crippen LogP contribution is 2.20. The van der Waals surface area contributed by atoms with E-state index < -0.39 is 31.9 Å². The maximum atomic E-state index is 13.5. The molecule has 0 heterocycles. The van der Waals surface area contributed by atoms with Crippen molar-refractivity contribution in [1.29, 1.82) is 5.26 Å². The fourth-order valence-electron chi connectivity index (χ4n) is 2.12. The molecule has 0 saturated carbocycles. The highest BCUT2D eigenvalue weighted by atomic mass is 32.2. The number of hydrogen-bond donors (Lipinski definition) is 2. The summed E-state index contributed by atoms with van der Waals surface area (Å²) in [5.74, 6) is -0.706. The molecular formula is C14H19FN2O3S. The summed E-state index contributed by atoms with van der Waals surface area (Å²) in [6.07, 6.45) is 0.407. The van der Waals surface area contributed by atoms with E-state index in [-0.39, 0.29) is 12.5 Å². The summed E-state index contributed by atoms with van der Waals surface area (Å²) < 4.78 is 40.0. The van der Waals surface area contributed by atoms with Crippen LogP contribution in [0.25, 0.3) is 0 Å². The molecule has 0 aliphatic carbocycles. The molecule has 0 saturated heterocycles. The van der Waals surface area contributed by atoms with E-state index in [0.717, 1.165) is 12.1 Å². The first-order valence-electron chi connectivity index (χ1n) is 6.50. The van der Waals surface area contributed by atoms with Gasteiger partial charge in [0, 0.05) is 6.54 Å². The fourth-order valence-corrected chi connectivity index (χ4v) is 3.44. The zero-order chi connectivity index (χ0) is 16.3. The van der Waals surface area contributed by atoms with E-state index in [1.54, 1.807) is 6.07 Å². The number of halogens is 1. The SMILES string of the molecule is CC(C)CC(C)(O)CNS(=O)(=O)c1cccc(F)c1C#N. The molecule has 0 radical (unpaired) electrons. The Balaban J connectivity index is 2.99. The number of rotatable bonds is 6. The van der Waals surface area contributed by atoms with Crippen LogP contribution in [0.2, 0.25) is 0 Å². The van der Waals surface area contributed by atoms with Gasteiger partial charge in [-0.1, -0.05) is 19.9 Å². The zero-order valence-electron chi connectivity index (χ0n) is 12.2. The first-order chi connectivity index (χ1) is 9.59. The summed E-state index contributed by atoms with van der Waals surface area (Å²) in [6, 6.07) is 4.94. The van der Waals surface area contributed by atoms with E-state index in [4.69, 9.17) is 5.26 Å². The number of nitrogens with one attached hydrogen (secondary N) is 1. The van der Waals surface area contributed by atoms with Crippen molar-refractivity contribution in [3.63, 3.8) is 0 Å². The van der Waals surface area contributed by atoms with Crippen molar-refractivity contribution in [2.45, 2.75) is 37.7 Å². The molecule has 1 unspecified atom stereocenters. The molecule has 7 heteroatoms. The molecule has 1 aromatic carbocycles. The van der Waals surface area contributed by atoms with Crippen LogP contribution in [0.4, 0.5) is 4.39 Å². The van der Waals surface area contributed by atoms with Gasteiger partial charge in [0.25, 0.3) is 0 Å². The maximum absolute atomic E-state index is 13.5. The summed E-state index contributed by atoms with van der Waals surface area (Å²) in [4.78, 5) is -0.426. The zero-order valence-corrected chi connectivity index (χ0v) is 13.0. The fraction of sp³-hybridized carbons (Fsp3) is 0.500. The highest BCUT2D eigenvalue weighted by molar-refractivity contribution is 7.89. The maximum Gasteiger partial charge on any atom is 0.242 e. The molecule has 0 fully saturated rings. The Morgan fingerprint density at radius 2 is 2.10 bits per heavy atom. The third kappa shape index (κ3) is 4.77. The molecule has 1 atom stereocenters. The Bertz CT molecular complexity index is 649. The predicted octanol–water partition coefficient (Wildman–Crippen LogP) is 1.77. The number of nitrogens with zero attached hydrogens (tertiary/aromatic N) is 1. The lowest BCUT2D eigenvalue weighted by atomic mass is 9.95. The number of sulfonamides is 1. The summed E-state index contributed by atoms with van der Waals surface area (Å²) in [7, 11) is -4.07. The van der Waals surface area contributed by atoms with Gasteiger partial charge in [0.05, 0.1) is 5.60 Å². The predicted molar refractivity (Wildman–Crippen MR) is 76.4 cm³/mol. The van der Waals surface area contributed by atoms with E-state index >= 15 is 0 Å². The lowest BCUT2D eigenvalue weighted by molar-refractivity contribution is 0.0437. The van der Waals surface area contributed by atoms with Gasteiger partial charge >= 0.3 is 0 Å². The van der Waals surface area contributed by atoms with Gasteiger partial charge < -0.3 is 5.11 Å². The van der Waals surface area contributed by atoms with E-state index in [1.165, 1.54) is 13.0 Å². The summed E-state index contributed by atoms with van der Waals surface area (Å²) >= 11 is 0. The normalized spacial score (nSPS) is 14.7. The van der Waals surface area contributed by atoms with Crippen LogP contribution in [0, 0.1) is 23.1 Å². The van der Waals surface area contributed by atoms with Crippen molar-refractivity contribution in [3.8, 4) is 6.07 Å². The average Bonchev–Trinajstić information content (AvgIpc) is 2.35. The first-order valence-corrected chi connectivity index (χ1v) is 7.98. The van der Waals surface area contributed by atoms with Crippen LogP contribution in [-0.2, 0) is 10.0 Å². The smallest absolute Gasteiger partial charge is 0.242 e. The number of nitriles is 1. The Labute approximate surface area is 124 Å². The van der Waals surface area contributed by atoms with Crippen LogP contribution in [0.3, 0.4) is 0 Å². The summed E-state index contributed by atoms with van der Waals surface area (Å²) in [5, 5.41) is 19.0. The molecule has 1 rings (SSSR count). The second-order valence-electron chi connectivity index (χ2n) is 5.64. The van der Waals surface area contributed by atoms with Crippen LogP contribution in [0.15, 0.2) is 23.1 Å². The standard InChI is InChI=1S/C14H19FN2O3S/c1-10(2)7-14(3,18)9-17-21(19,20)13-6-4-5-12(15)11(13)8-16/h4-6,10,17-18H,7,9H2,1-3H3. The molecule has 2 N–H and O–H groups in total. The minimum Gasteiger partial charge on any atom is -0.389 e. The van der Waals surface area contributed by atoms with Gasteiger partial charge in [0.1, 0.15) is 22.3 Å². The van der Waals surface area contributed by atoms with E-state index in [9.17, 15) is 17.9 Å². The molecule has 116 valence electrons. The Hall–Kier alpha value is -1.49. The number of aliphatic hydroxyl groups is 1. The first kappa shape index (κ1) is 17.6. The van der Waals surface area contributed by atoms with Crippen molar-refractivity contribution >= 4 is 10.0 Å². The molecular weight excluding hydrogens is 295 g/mol. The molecule has 1 aromatic rings. The average molecular weight is 314 g/mol. The Morgan fingerprint density at radius 1 is 1.48 bits per heavy atom. The monoisotopic (exact) mass is 314 g/mol. The van der Waals surface area contributed by atoms with Crippen LogP contribution in [0.1, 0.15) is 32.8 Å². The van der Waals surface area contributed by atoms with Crippen molar-refractivity contribution in [2.75, 3.05) is 6.54 Å². The third-order valence-corrected chi connectivity index (χ3v) is 4.31. The van der Waals surface area contributed by atoms with Gasteiger partial charge in [-0.3, -0.25) is 0 Å². The van der Waals surface area contributed by atoms with Crippen LogP contribution < -0.4 is 4.72 Å². The molecule has 21 heavy (non-hydrogen) atoms. The van der Waals surface area contributed by atoms with Crippen molar-refractivity contribution in [1.82, 2.24) is 4.72 Å². The van der Waals surface area contributed by atoms with Crippen molar-refractivity contribution < 1.29 is 17.9 Å². The van der Waals surface area contributed by atoms with E-state index in [1.807, 2.05) is 13.8 Å². The summed E-state index contributed by atoms with van der Waals surface area (Å²) in [5.41, 5.74) is -1.75. The third-order valence-electron chi connectivity index (χ3n) is 2.87. The minimum atomic E-state index is -4.07. The quantitative estimate of drug-likeness (QED) is 0.837. The Kier molecular flexibility index (Phi) is 5.45. The van der Waals surface area contributed by atoms with Gasteiger partial charge in [0.15, 0.2) is 0 Å². The van der Waals surface area contributed by atoms with Crippen LogP contribution in [-0.4, -0.2) is 25.7 Å². The summed E-state index contributed by atoms with van der Waals surface area (Å²) in [6.45, 7) is 5.12. The van der Waals surface area contributed by atoms with Gasteiger partial charge in [-0.15, -0.1) is 0 Å². The molecule has 0 amide bonds. The van der Waals surface area contributed by atoms with Gasteiger partial charge in [-0.25, -0.2) is 17.5 Å². The van der Waals surface area contributed by atoms with Gasteiger partial charge in [0.2, 0.25) is 10.0 Å². The molecule has 0 aliphatic heterocycles. The van der Waals surface area contributed by atoms with E-state index in [2.05, 4.69) is 4.72 Å². The number of benzene rings is 1. The molecule has 5 nitrogen and oxygen atoms in total. The Morgan fingerprint density at radius 3 is 2.62 bits per heavy atom.